The number of carboxylic acid groups (broad SMARTS) is 1. The van der Waals surface area contributed by atoms with E-state index < -0.39 is 5.97 Å². The summed E-state index contributed by atoms with van der Waals surface area (Å²) in [5, 5.41) is 13.3. The summed E-state index contributed by atoms with van der Waals surface area (Å²) in [5.74, 6) is -1.82. The number of carbonyl (C=O) groups excluding carboxylic acids is 2. The minimum atomic E-state index is -1.07. The Balaban J connectivity index is 1.92. The normalized spacial score (nSPS) is 18.2. The number of hydrogen-bond acceptors (Lipinski definition) is 4. The standard InChI is InChI=1S/C18H16N2O4/c21-16-13-6-4-5-11-12(18(23)24)7-8-14(15(11)13)17(22)20(16)19-9-2-1-3-10-19/h4-8H,1-3,9-10H2,(H,23,24). The first-order valence-electron chi connectivity index (χ1n) is 8.02. The first-order valence-corrected chi connectivity index (χ1v) is 8.02. The Hall–Kier alpha value is -2.73. The molecule has 1 fully saturated rings. The van der Waals surface area contributed by atoms with Gasteiger partial charge < -0.3 is 5.11 Å². The van der Waals surface area contributed by atoms with Crippen molar-refractivity contribution in [2.75, 3.05) is 13.1 Å². The van der Waals surface area contributed by atoms with Crippen LogP contribution in [-0.4, -0.2) is 46.0 Å². The van der Waals surface area contributed by atoms with E-state index in [2.05, 4.69) is 0 Å². The van der Waals surface area contributed by atoms with Crippen LogP contribution in [0.5, 0.6) is 0 Å². The third-order valence-electron chi connectivity index (χ3n) is 4.73. The molecular formula is C18H16N2O4. The van der Waals surface area contributed by atoms with Gasteiger partial charge in [0.05, 0.1) is 16.7 Å². The van der Waals surface area contributed by atoms with Crippen molar-refractivity contribution >= 4 is 28.6 Å². The number of imide groups is 1. The third-order valence-corrected chi connectivity index (χ3v) is 4.73. The molecule has 0 aromatic heterocycles. The Labute approximate surface area is 138 Å². The van der Waals surface area contributed by atoms with Crippen LogP contribution in [0.4, 0.5) is 0 Å². The molecule has 0 radical (unpaired) electrons. The molecule has 2 heterocycles. The van der Waals surface area contributed by atoms with Crippen LogP contribution in [-0.2, 0) is 0 Å². The summed E-state index contributed by atoms with van der Waals surface area (Å²) in [6.07, 6.45) is 3.00. The molecule has 1 saturated heterocycles. The summed E-state index contributed by atoms with van der Waals surface area (Å²) in [7, 11) is 0. The van der Waals surface area contributed by atoms with Crippen molar-refractivity contribution in [3.05, 3.63) is 47.0 Å². The van der Waals surface area contributed by atoms with Gasteiger partial charge in [0, 0.05) is 18.5 Å². The van der Waals surface area contributed by atoms with Gasteiger partial charge in [0.25, 0.3) is 11.8 Å². The SMILES string of the molecule is O=C(O)c1ccc2c3c(cccc13)C(=O)N(N1CCCCC1)C2=O. The average molecular weight is 324 g/mol. The highest BCUT2D eigenvalue weighted by atomic mass is 16.4. The molecule has 0 saturated carbocycles. The maximum atomic E-state index is 12.9. The molecule has 2 aromatic rings. The highest BCUT2D eigenvalue weighted by molar-refractivity contribution is 6.26. The lowest BCUT2D eigenvalue weighted by Gasteiger charge is -2.38. The van der Waals surface area contributed by atoms with E-state index in [-0.39, 0.29) is 17.4 Å². The van der Waals surface area contributed by atoms with Gasteiger partial charge >= 0.3 is 5.97 Å². The summed E-state index contributed by atoms with van der Waals surface area (Å²) < 4.78 is 0. The highest BCUT2D eigenvalue weighted by Gasteiger charge is 2.37. The molecule has 6 heteroatoms. The van der Waals surface area contributed by atoms with Crippen LogP contribution in [0.25, 0.3) is 10.8 Å². The lowest BCUT2D eigenvalue weighted by atomic mass is 9.92. The molecule has 6 nitrogen and oxygen atoms in total. The first kappa shape index (κ1) is 14.8. The van der Waals surface area contributed by atoms with E-state index in [9.17, 15) is 19.5 Å². The van der Waals surface area contributed by atoms with Gasteiger partial charge in [0.15, 0.2) is 0 Å². The quantitative estimate of drug-likeness (QED) is 0.859. The second-order valence-corrected chi connectivity index (χ2v) is 6.13. The number of carboxylic acids is 1. The van der Waals surface area contributed by atoms with Crippen molar-refractivity contribution in [3.8, 4) is 0 Å². The van der Waals surface area contributed by atoms with Gasteiger partial charge in [0.2, 0.25) is 0 Å². The highest BCUT2D eigenvalue weighted by Crippen LogP contribution is 2.33. The third kappa shape index (κ3) is 2.03. The van der Waals surface area contributed by atoms with Gasteiger partial charge in [0.1, 0.15) is 0 Å². The maximum absolute atomic E-state index is 12.9. The second-order valence-electron chi connectivity index (χ2n) is 6.13. The number of hydrazine groups is 1. The number of hydrogen-bond donors (Lipinski definition) is 1. The zero-order chi connectivity index (χ0) is 16.8. The molecule has 0 atom stereocenters. The molecular weight excluding hydrogens is 308 g/mol. The maximum Gasteiger partial charge on any atom is 0.336 e. The predicted molar refractivity (Wildman–Crippen MR) is 86.8 cm³/mol. The molecule has 0 bridgehead atoms. The predicted octanol–water partition coefficient (Wildman–Crippen LogP) is 2.53. The van der Waals surface area contributed by atoms with Crippen LogP contribution in [0.15, 0.2) is 30.3 Å². The number of rotatable bonds is 2. The van der Waals surface area contributed by atoms with Gasteiger partial charge in [-0.15, -0.1) is 0 Å². The number of nitrogens with zero attached hydrogens (tertiary/aromatic N) is 2. The van der Waals surface area contributed by atoms with Crippen LogP contribution in [0.3, 0.4) is 0 Å². The number of aromatic carboxylic acids is 1. The van der Waals surface area contributed by atoms with Crippen molar-refractivity contribution in [1.82, 2.24) is 10.0 Å². The van der Waals surface area contributed by atoms with E-state index in [0.717, 1.165) is 19.3 Å². The van der Waals surface area contributed by atoms with E-state index in [1.165, 1.54) is 17.1 Å². The zero-order valence-electron chi connectivity index (χ0n) is 13.0. The van der Waals surface area contributed by atoms with E-state index >= 15 is 0 Å². The minimum Gasteiger partial charge on any atom is -0.478 e. The second kappa shape index (κ2) is 5.42. The van der Waals surface area contributed by atoms with E-state index in [4.69, 9.17) is 0 Å². The monoisotopic (exact) mass is 324 g/mol. The fourth-order valence-corrected chi connectivity index (χ4v) is 3.60. The fourth-order valence-electron chi connectivity index (χ4n) is 3.60. The van der Waals surface area contributed by atoms with Crippen molar-refractivity contribution in [1.29, 1.82) is 0 Å². The number of benzene rings is 2. The lowest BCUT2D eigenvalue weighted by Crippen LogP contribution is -2.53. The molecule has 24 heavy (non-hydrogen) atoms. The van der Waals surface area contributed by atoms with Crippen LogP contribution in [0.2, 0.25) is 0 Å². The average Bonchev–Trinajstić information content (AvgIpc) is 2.60. The topological polar surface area (TPSA) is 77.9 Å². The Kier molecular flexibility index (Phi) is 3.35. The minimum absolute atomic E-state index is 0.0997. The van der Waals surface area contributed by atoms with Crippen molar-refractivity contribution in [2.24, 2.45) is 0 Å². The summed E-state index contributed by atoms with van der Waals surface area (Å²) in [6.45, 7) is 1.35. The molecule has 2 amide bonds. The Morgan fingerprint density at radius 1 is 0.917 bits per heavy atom. The van der Waals surface area contributed by atoms with Crippen molar-refractivity contribution in [2.45, 2.75) is 19.3 Å². The largest absolute Gasteiger partial charge is 0.478 e. The number of carbonyl (C=O) groups is 3. The van der Waals surface area contributed by atoms with E-state index in [1.54, 1.807) is 23.2 Å². The molecule has 4 rings (SSSR count). The van der Waals surface area contributed by atoms with Crippen LogP contribution >= 0.6 is 0 Å². The molecule has 0 spiro atoms. The number of amides is 2. The van der Waals surface area contributed by atoms with Gasteiger partial charge in [-0.2, -0.15) is 0 Å². The number of piperidine rings is 1. The smallest absolute Gasteiger partial charge is 0.336 e. The Morgan fingerprint density at radius 2 is 1.58 bits per heavy atom. The Morgan fingerprint density at radius 3 is 2.25 bits per heavy atom. The van der Waals surface area contributed by atoms with Crippen molar-refractivity contribution < 1.29 is 19.5 Å². The van der Waals surface area contributed by atoms with E-state index in [1.807, 2.05) is 0 Å². The summed E-state index contributed by atoms with van der Waals surface area (Å²) >= 11 is 0. The molecule has 2 aliphatic rings. The van der Waals surface area contributed by atoms with Crippen LogP contribution in [0.1, 0.15) is 50.3 Å². The van der Waals surface area contributed by atoms with Crippen LogP contribution < -0.4 is 0 Å². The molecule has 2 aliphatic heterocycles. The first-order chi connectivity index (χ1) is 11.6. The van der Waals surface area contributed by atoms with Gasteiger partial charge in [-0.25, -0.2) is 14.8 Å². The lowest BCUT2D eigenvalue weighted by molar-refractivity contribution is -0.0115. The van der Waals surface area contributed by atoms with Crippen LogP contribution in [0, 0.1) is 0 Å². The zero-order valence-corrected chi connectivity index (χ0v) is 13.0. The summed E-state index contributed by atoms with van der Waals surface area (Å²) in [6, 6.07) is 7.91. The summed E-state index contributed by atoms with van der Waals surface area (Å²) in [5.41, 5.74) is 0.870. The van der Waals surface area contributed by atoms with Gasteiger partial charge in [-0.1, -0.05) is 18.6 Å². The molecule has 122 valence electrons. The fraction of sp³-hybridized carbons (Fsp3) is 0.278. The molecule has 2 aromatic carbocycles. The molecule has 0 unspecified atom stereocenters. The Bertz CT molecular complexity index is 862. The van der Waals surface area contributed by atoms with Crippen molar-refractivity contribution in [3.63, 3.8) is 0 Å². The van der Waals surface area contributed by atoms with E-state index in [0.29, 0.717) is 35.0 Å². The van der Waals surface area contributed by atoms with Gasteiger partial charge in [-0.05, 0) is 36.4 Å². The molecule has 0 aliphatic carbocycles. The molecule has 1 N–H and O–H groups in total. The summed E-state index contributed by atoms with van der Waals surface area (Å²) in [4.78, 5) is 37.3. The van der Waals surface area contributed by atoms with Gasteiger partial charge in [-0.3, -0.25) is 9.59 Å².